The van der Waals surface area contributed by atoms with Gasteiger partial charge in [0.05, 0.1) is 18.4 Å². The van der Waals surface area contributed by atoms with Gasteiger partial charge in [-0.2, -0.15) is 0 Å². The molecule has 6 nitrogen and oxygen atoms in total. The van der Waals surface area contributed by atoms with Gasteiger partial charge in [-0.05, 0) is 58.4 Å². The molecule has 0 unspecified atom stereocenters. The number of anilines is 2. The van der Waals surface area contributed by atoms with Crippen LogP contribution in [0.25, 0.3) is 0 Å². The maximum absolute atomic E-state index is 12.4. The average Bonchev–Trinajstić information content (AvgIpc) is 2.69. The van der Waals surface area contributed by atoms with Gasteiger partial charge in [0.1, 0.15) is 5.75 Å². The molecule has 2 N–H and O–H groups in total. The number of methoxy groups -OCH3 is 1. The van der Waals surface area contributed by atoms with Crippen molar-refractivity contribution >= 4 is 39.1 Å². The molecule has 0 bridgehead atoms. The molecule has 7 heteroatoms. The second-order valence-electron chi connectivity index (χ2n) is 5.58. The Morgan fingerprint density at radius 1 is 0.926 bits per heavy atom. The van der Waals surface area contributed by atoms with E-state index in [0.29, 0.717) is 28.3 Å². The summed E-state index contributed by atoms with van der Waals surface area (Å²) < 4.78 is 5.95. The molecule has 2 aromatic carbocycles. The molecule has 0 fully saturated rings. The Bertz CT molecular complexity index is 974. The van der Waals surface area contributed by atoms with Crippen molar-refractivity contribution in [3.05, 3.63) is 82.6 Å². The highest BCUT2D eigenvalue weighted by molar-refractivity contribution is 9.10. The summed E-state index contributed by atoms with van der Waals surface area (Å²) in [6.07, 6.45) is 3.08. The predicted molar refractivity (Wildman–Crippen MR) is 107 cm³/mol. The van der Waals surface area contributed by atoms with Crippen molar-refractivity contribution in [2.75, 3.05) is 17.7 Å². The quantitative estimate of drug-likeness (QED) is 0.636. The molecule has 0 aliphatic carbocycles. The number of amides is 2. The van der Waals surface area contributed by atoms with Gasteiger partial charge in [-0.3, -0.25) is 14.6 Å². The second-order valence-corrected chi connectivity index (χ2v) is 6.49. The van der Waals surface area contributed by atoms with Crippen molar-refractivity contribution in [2.45, 2.75) is 0 Å². The molecule has 0 saturated carbocycles. The zero-order chi connectivity index (χ0) is 19.2. The molecule has 0 aliphatic heterocycles. The van der Waals surface area contributed by atoms with Gasteiger partial charge >= 0.3 is 0 Å². The molecule has 0 saturated heterocycles. The van der Waals surface area contributed by atoms with E-state index >= 15 is 0 Å². The second kappa shape index (κ2) is 8.46. The van der Waals surface area contributed by atoms with Crippen LogP contribution in [0.3, 0.4) is 0 Å². The van der Waals surface area contributed by atoms with E-state index in [9.17, 15) is 9.59 Å². The molecule has 1 heterocycles. The maximum Gasteiger partial charge on any atom is 0.257 e. The van der Waals surface area contributed by atoms with Gasteiger partial charge in [-0.15, -0.1) is 0 Å². The van der Waals surface area contributed by atoms with E-state index in [1.807, 2.05) is 12.1 Å². The van der Waals surface area contributed by atoms with Crippen LogP contribution >= 0.6 is 15.9 Å². The first-order valence-corrected chi connectivity index (χ1v) is 8.82. The number of rotatable bonds is 5. The normalized spacial score (nSPS) is 10.1. The third kappa shape index (κ3) is 4.71. The highest BCUT2D eigenvalue weighted by Crippen LogP contribution is 2.24. The van der Waals surface area contributed by atoms with Crippen molar-refractivity contribution in [3.8, 4) is 5.75 Å². The summed E-state index contributed by atoms with van der Waals surface area (Å²) >= 11 is 3.28. The van der Waals surface area contributed by atoms with Gasteiger partial charge in [-0.1, -0.05) is 12.1 Å². The van der Waals surface area contributed by atoms with E-state index in [-0.39, 0.29) is 11.8 Å². The van der Waals surface area contributed by atoms with Crippen molar-refractivity contribution < 1.29 is 14.3 Å². The van der Waals surface area contributed by atoms with Gasteiger partial charge in [-0.25, -0.2) is 0 Å². The summed E-state index contributed by atoms with van der Waals surface area (Å²) in [7, 11) is 1.54. The zero-order valence-electron chi connectivity index (χ0n) is 14.4. The highest BCUT2D eigenvalue weighted by atomic mass is 79.9. The molecule has 0 radical (unpaired) electrons. The van der Waals surface area contributed by atoms with Crippen LogP contribution in [0.5, 0.6) is 5.75 Å². The number of aromatic nitrogens is 1. The number of para-hydroxylation sites is 2. The Balaban J connectivity index is 1.68. The number of nitrogens with one attached hydrogen (secondary N) is 2. The molecule has 3 rings (SSSR count). The molecule has 0 aliphatic rings. The number of ether oxygens (including phenoxy) is 1. The number of hydrogen-bond acceptors (Lipinski definition) is 4. The Kier molecular flexibility index (Phi) is 5.83. The number of nitrogens with zero attached hydrogens (tertiary/aromatic N) is 1. The maximum atomic E-state index is 12.4. The number of hydrogen-bond donors (Lipinski definition) is 2. The predicted octanol–water partition coefficient (Wildman–Crippen LogP) is 4.36. The monoisotopic (exact) mass is 425 g/mol. The van der Waals surface area contributed by atoms with Gasteiger partial charge < -0.3 is 15.4 Å². The Labute approximate surface area is 164 Å². The summed E-state index contributed by atoms with van der Waals surface area (Å²) in [5.41, 5.74) is 2.06. The molecule has 0 atom stereocenters. The third-order valence-corrected chi connectivity index (χ3v) is 4.16. The number of carbonyl (C=O) groups is 2. The van der Waals surface area contributed by atoms with Crippen LogP contribution in [0.4, 0.5) is 11.4 Å². The molecular formula is C20H16BrN3O3. The summed E-state index contributed by atoms with van der Waals surface area (Å²) in [6, 6.07) is 15.5. The van der Waals surface area contributed by atoms with E-state index in [1.54, 1.807) is 55.8 Å². The van der Waals surface area contributed by atoms with Crippen LogP contribution in [0.2, 0.25) is 0 Å². The molecule has 3 aromatic rings. The molecule has 27 heavy (non-hydrogen) atoms. The first-order valence-electron chi connectivity index (χ1n) is 8.03. The smallest absolute Gasteiger partial charge is 0.257 e. The average molecular weight is 426 g/mol. The van der Waals surface area contributed by atoms with E-state index in [1.165, 1.54) is 6.20 Å². The molecule has 2 amide bonds. The Morgan fingerprint density at radius 2 is 1.63 bits per heavy atom. The molecular weight excluding hydrogens is 410 g/mol. The van der Waals surface area contributed by atoms with Crippen molar-refractivity contribution in [1.82, 2.24) is 4.98 Å². The minimum atomic E-state index is -0.282. The summed E-state index contributed by atoms with van der Waals surface area (Å²) in [6.45, 7) is 0. The molecule has 136 valence electrons. The lowest BCUT2D eigenvalue weighted by Gasteiger charge is -2.10. The Hall–Kier alpha value is -3.19. The van der Waals surface area contributed by atoms with Crippen LogP contribution in [-0.2, 0) is 0 Å². The number of halogens is 1. The lowest BCUT2D eigenvalue weighted by molar-refractivity contribution is 0.101. The number of carbonyl (C=O) groups excluding carboxylic acids is 2. The van der Waals surface area contributed by atoms with Crippen LogP contribution < -0.4 is 15.4 Å². The number of pyridine rings is 1. The largest absolute Gasteiger partial charge is 0.495 e. The standard InChI is InChI=1S/C20H16BrN3O3/c1-27-18-5-3-2-4-17(18)24-19(25)13-6-8-16(9-7-13)23-20(26)14-10-15(21)12-22-11-14/h2-12H,1H3,(H,23,26)(H,24,25). The van der Waals surface area contributed by atoms with Gasteiger partial charge in [0.2, 0.25) is 0 Å². The van der Waals surface area contributed by atoms with Crippen molar-refractivity contribution in [1.29, 1.82) is 0 Å². The minimum Gasteiger partial charge on any atom is -0.495 e. The fraction of sp³-hybridized carbons (Fsp3) is 0.0500. The first-order chi connectivity index (χ1) is 13.1. The van der Waals surface area contributed by atoms with Crippen molar-refractivity contribution in [2.24, 2.45) is 0 Å². The first kappa shape index (κ1) is 18.6. The van der Waals surface area contributed by atoms with E-state index < -0.39 is 0 Å². The van der Waals surface area contributed by atoms with Crippen LogP contribution in [-0.4, -0.2) is 23.9 Å². The van der Waals surface area contributed by atoms with E-state index in [2.05, 4.69) is 31.5 Å². The fourth-order valence-corrected chi connectivity index (χ4v) is 2.75. The topological polar surface area (TPSA) is 80.3 Å². The van der Waals surface area contributed by atoms with Crippen LogP contribution in [0, 0.1) is 0 Å². The van der Waals surface area contributed by atoms with Gasteiger partial charge in [0, 0.05) is 28.1 Å². The third-order valence-electron chi connectivity index (χ3n) is 3.73. The van der Waals surface area contributed by atoms with Crippen LogP contribution in [0.15, 0.2) is 71.5 Å². The van der Waals surface area contributed by atoms with Gasteiger partial charge in [0.15, 0.2) is 0 Å². The fourth-order valence-electron chi connectivity index (χ4n) is 2.39. The highest BCUT2D eigenvalue weighted by Gasteiger charge is 2.11. The summed E-state index contributed by atoms with van der Waals surface area (Å²) in [4.78, 5) is 28.6. The van der Waals surface area contributed by atoms with Crippen molar-refractivity contribution in [3.63, 3.8) is 0 Å². The molecule has 1 aromatic heterocycles. The van der Waals surface area contributed by atoms with Gasteiger partial charge in [0.25, 0.3) is 11.8 Å². The van der Waals surface area contributed by atoms with E-state index in [4.69, 9.17) is 4.74 Å². The zero-order valence-corrected chi connectivity index (χ0v) is 16.0. The minimum absolute atomic E-state index is 0.270. The molecule has 0 spiro atoms. The number of benzene rings is 2. The summed E-state index contributed by atoms with van der Waals surface area (Å²) in [5.74, 6) is 0.0287. The van der Waals surface area contributed by atoms with E-state index in [0.717, 1.165) is 4.47 Å². The Morgan fingerprint density at radius 3 is 2.33 bits per heavy atom. The SMILES string of the molecule is COc1ccccc1NC(=O)c1ccc(NC(=O)c2cncc(Br)c2)cc1. The van der Waals surface area contributed by atoms with Crippen LogP contribution in [0.1, 0.15) is 20.7 Å². The summed E-state index contributed by atoms with van der Waals surface area (Å²) in [5, 5.41) is 5.57. The lowest BCUT2D eigenvalue weighted by atomic mass is 10.1. The lowest BCUT2D eigenvalue weighted by Crippen LogP contribution is -2.14.